The summed E-state index contributed by atoms with van der Waals surface area (Å²) >= 11 is -2.27. The molecule has 27 heavy (non-hydrogen) atoms. The van der Waals surface area contributed by atoms with Gasteiger partial charge in [0.1, 0.15) is 0 Å². The van der Waals surface area contributed by atoms with Crippen LogP contribution in [0, 0.1) is 27.7 Å². The molecule has 0 bridgehead atoms. The summed E-state index contributed by atoms with van der Waals surface area (Å²) in [5.41, 5.74) is 12.4. The first-order chi connectivity index (χ1) is 12.0. The molecule has 1 aliphatic heterocycles. The van der Waals surface area contributed by atoms with Crippen LogP contribution in [-0.2, 0) is 20.3 Å². The Morgan fingerprint density at radius 2 is 1.00 bits per heavy atom. The quantitative estimate of drug-likeness (QED) is 0.417. The van der Waals surface area contributed by atoms with Crippen molar-refractivity contribution >= 4 is 37.0 Å². The minimum absolute atomic E-state index is 0. The SMILES string of the molecule is Cc1ccc(C)c2c1C=C[CH]2[Zr]1([CH]2C=Cc3c(C)ccc(C)c32)[CH2][CH2]1.Cl.Cl. The molecule has 0 radical (unpaired) electrons. The molecule has 5 rings (SSSR count). The number of benzene rings is 2. The normalized spacial score (nSPS) is 22.7. The average molecular weight is 479 g/mol. The molecule has 2 aromatic rings. The molecule has 1 saturated heterocycles. The molecule has 142 valence electrons. The number of hydrogen-bond acceptors (Lipinski definition) is 0. The van der Waals surface area contributed by atoms with E-state index in [1.54, 1.807) is 19.4 Å². The van der Waals surface area contributed by atoms with Gasteiger partial charge in [-0.15, -0.1) is 24.8 Å². The van der Waals surface area contributed by atoms with Gasteiger partial charge < -0.3 is 0 Å². The zero-order valence-electron chi connectivity index (χ0n) is 16.5. The fraction of sp³-hybridized carbons (Fsp3) is 0.333. The van der Waals surface area contributed by atoms with E-state index in [-0.39, 0.29) is 24.8 Å². The summed E-state index contributed by atoms with van der Waals surface area (Å²) in [6.45, 7) is 9.21. The van der Waals surface area contributed by atoms with E-state index in [1.165, 1.54) is 33.4 Å². The van der Waals surface area contributed by atoms with E-state index in [0.29, 0.717) is 0 Å². The van der Waals surface area contributed by atoms with E-state index < -0.39 is 20.3 Å². The van der Waals surface area contributed by atoms with Crippen molar-refractivity contribution < 1.29 is 20.3 Å². The van der Waals surface area contributed by atoms with Crippen LogP contribution in [0.15, 0.2) is 36.4 Å². The number of rotatable bonds is 2. The number of allylic oxidation sites excluding steroid dienone is 2. The van der Waals surface area contributed by atoms with Crippen molar-refractivity contribution in [3.63, 3.8) is 0 Å². The van der Waals surface area contributed by atoms with Gasteiger partial charge in [0, 0.05) is 0 Å². The van der Waals surface area contributed by atoms with Crippen LogP contribution in [0.2, 0.25) is 8.26 Å². The van der Waals surface area contributed by atoms with E-state index in [1.807, 2.05) is 0 Å². The van der Waals surface area contributed by atoms with Crippen LogP contribution < -0.4 is 0 Å². The van der Waals surface area contributed by atoms with Gasteiger partial charge in [-0.25, -0.2) is 0 Å². The molecule has 2 unspecified atom stereocenters. The maximum Gasteiger partial charge on any atom is -0.147 e. The molecule has 0 saturated carbocycles. The van der Waals surface area contributed by atoms with Crippen LogP contribution in [0.1, 0.15) is 51.8 Å². The van der Waals surface area contributed by atoms with Gasteiger partial charge in [0.05, 0.1) is 0 Å². The van der Waals surface area contributed by atoms with E-state index in [2.05, 4.69) is 76.3 Å². The van der Waals surface area contributed by atoms with Crippen LogP contribution in [0.5, 0.6) is 0 Å². The van der Waals surface area contributed by atoms with Crippen LogP contribution >= 0.6 is 24.8 Å². The van der Waals surface area contributed by atoms with Crippen molar-refractivity contribution in [2.75, 3.05) is 0 Å². The molecular formula is C24H28Cl2Zr. The first-order valence-electron chi connectivity index (χ1n) is 9.59. The number of hydrogen-bond donors (Lipinski definition) is 0. The predicted molar refractivity (Wildman–Crippen MR) is 119 cm³/mol. The third-order valence-corrected chi connectivity index (χ3v) is 19.6. The number of fused-ring (bicyclic) bond motifs is 2. The van der Waals surface area contributed by atoms with Crippen LogP contribution in [0.25, 0.3) is 12.2 Å². The minimum atomic E-state index is -2.27. The first kappa shape index (κ1) is 21.1. The van der Waals surface area contributed by atoms with Crippen molar-refractivity contribution in [2.24, 2.45) is 0 Å². The molecule has 2 aliphatic carbocycles. The maximum atomic E-state index is 2.60. The Hall–Kier alpha value is -0.617. The Morgan fingerprint density at radius 3 is 1.37 bits per heavy atom. The van der Waals surface area contributed by atoms with Gasteiger partial charge in [-0.3, -0.25) is 0 Å². The molecule has 3 aliphatic rings. The Balaban J connectivity index is 0.00000105. The van der Waals surface area contributed by atoms with Gasteiger partial charge in [0.2, 0.25) is 0 Å². The molecular weight excluding hydrogens is 450 g/mol. The second-order valence-corrected chi connectivity index (χ2v) is 20.0. The summed E-state index contributed by atoms with van der Waals surface area (Å²) in [7, 11) is 0. The molecule has 0 N–H and O–H groups in total. The van der Waals surface area contributed by atoms with Crippen LogP contribution in [0.4, 0.5) is 0 Å². The van der Waals surface area contributed by atoms with Crippen molar-refractivity contribution in [2.45, 2.75) is 43.2 Å². The Kier molecular flexibility index (Phi) is 5.73. The van der Waals surface area contributed by atoms with Gasteiger partial charge >= 0.3 is 157 Å². The second-order valence-electron chi connectivity index (χ2n) is 8.46. The molecule has 0 spiro atoms. The van der Waals surface area contributed by atoms with Gasteiger partial charge in [-0.05, 0) is 0 Å². The molecule has 1 fully saturated rings. The standard InChI is InChI=1S/2C11H11.C2H4.2ClH.Zr/c2*1-8-6-7-9(2)11-5-3-4-10(8)11;1-2;;;/h2*3-7H,1-2H3;1-2H2;2*1H;. The van der Waals surface area contributed by atoms with E-state index in [9.17, 15) is 0 Å². The summed E-state index contributed by atoms with van der Waals surface area (Å²) in [5, 5.41) is 0. The third kappa shape index (κ3) is 2.97. The molecule has 0 amide bonds. The monoisotopic (exact) mass is 476 g/mol. The predicted octanol–water partition coefficient (Wildman–Crippen LogP) is 7.60. The fourth-order valence-corrected chi connectivity index (χ4v) is 21.5. The van der Waals surface area contributed by atoms with E-state index in [0.717, 1.165) is 7.25 Å². The van der Waals surface area contributed by atoms with Gasteiger partial charge in [0.25, 0.3) is 0 Å². The van der Waals surface area contributed by atoms with Crippen LogP contribution in [-0.4, -0.2) is 0 Å². The van der Waals surface area contributed by atoms with E-state index in [4.69, 9.17) is 0 Å². The zero-order valence-corrected chi connectivity index (χ0v) is 20.6. The summed E-state index contributed by atoms with van der Waals surface area (Å²) < 4.78 is 4.67. The number of halogens is 2. The first-order valence-corrected chi connectivity index (χ1v) is 15.9. The Bertz CT molecular complexity index is 891. The molecule has 0 nitrogen and oxygen atoms in total. The third-order valence-electron chi connectivity index (χ3n) is 7.05. The van der Waals surface area contributed by atoms with Gasteiger partial charge in [0.15, 0.2) is 0 Å². The summed E-state index contributed by atoms with van der Waals surface area (Å²) in [5.74, 6) is 0. The number of aryl methyl sites for hydroxylation is 4. The Labute approximate surface area is 180 Å². The largest absolute Gasteiger partial charge is 0.147 e. The Morgan fingerprint density at radius 1 is 0.630 bits per heavy atom. The van der Waals surface area contributed by atoms with Crippen molar-refractivity contribution in [1.29, 1.82) is 0 Å². The average Bonchev–Trinajstić information content (AvgIpc) is 3.07. The van der Waals surface area contributed by atoms with E-state index >= 15 is 0 Å². The smallest absolute Gasteiger partial charge is 0.147 e. The summed E-state index contributed by atoms with van der Waals surface area (Å²) in [6.07, 6.45) is 10.1. The van der Waals surface area contributed by atoms with Gasteiger partial charge in [-0.1, -0.05) is 0 Å². The summed E-state index contributed by atoms with van der Waals surface area (Å²) in [4.78, 5) is 0. The zero-order chi connectivity index (χ0) is 17.3. The maximum absolute atomic E-state index is 2.60. The molecule has 1 heterocycles. The van der Waals surface area contributed by atoms with Crippen molar-refractivity contribution in [3.8, 4) is 0 Å². The molecule has 2 aromatic carbocycles. The second kappa shape index (κ2) is 7.33. The fourth-order valence-electron chi connectivity index (χ4n) is 5.47. The molecule has 3 heteroatoms. The minimum Gasteiger partial charge on any atom is -0.147 e. The van der Waals surface area contributed by atoms with Crippen molar-refractivity contribution in [1.82, 2.24) is 0 Å². The topological polar surface area (TPSA) is 0 Å². The van der Waals surface area contributed by atoms with Gasteiger partial charge in [-0.2, -0.15) is 0 Å². The molecule has 2 atom stereocenters. The molecule has 0 aromatic heterocycles. The van der Waals surface area contributed by atoms with Crippen LogP contribution in [0.3, 0.4) is 0 Å². The van der Waals surface area contributed by atoms with Crippen molar-refractivity contribution in [3.05, 3.63) is 80.9 Å². The summed E-state index contributed by atoms with van der Waals surface area (Å²) in [6, 6.07) is 9.30.